The molecule has 0 aliphatic carbocycles. The second-order valence-electron chi connectivity index (χ2n) is 9.88. The average molecular weight is 545 g/mol. The van der Waals surface area contributed by atoms with Gasteiger partial charge in [0, 0.05) is 29.7 Å². The van der Waals surface area contributed by atoms with Crippen molar-refractivity contribution < 1.29 is 19.1 Å². The quantitative estimate of drug-likeness (QED) is 0.393. The molecule has 1 fully saturated rings. The van der Waals surface area contributed by atoms with Gasteiger partial charge in [-0.25, -0.2) is 9.48 Å². The van der Waals surface area contributed by atoms with Crippen LogP contribution in [-0.2, 0) is 4.74 Å². The molecule has 1 aromatic heterocycles. The molecule has 196 valence electrons. The molecule has 0 saturated carbocycles. The van der Waals surface area contributed by atoms with Crippen molar-refractivity contribution in [1.29, 1.82) is 0 Å². The van der Waals surface area contributed by atoms with Gasteiger partial charge in [-0.05, 0) is 76.1 Å². The predicted molar refractivity (Wildman–Crippen MR) is 144 cm³/mol. The molecule has 1 aliphatic rings. The summed E-state index contributed by atoms with van der Waals surface area (Å²) >= 11 is 12.3. The topological polar surface area (TPSA) is 85.7 Å². The molecule has 1 saturated heterocycles. The van der Waals surface area contributed by atoms with Gasteiger partial charge in [0.2, 0.25) is 0 Å². The van der Waals surface area contributed by atoms with Crippen LogP contribution in [-0.4, -0.2) is 52.5 Å². The van der Waals surface area contributed by atoms with Crippen LogP contribution in [0.15, 0.2) is 48.7 Å². The Labute approximate surface area is 226 Å². The molecule has 0 unspecified atom stereocenters. The molecule has 0 atom stereocenters. The molecule has 4 rings (SSSR count). The number of rotatable bonds is 5. The zero-order chi connectivity index (χ0) is 26.7. The lowest BCUT2D eigenvalue weighted by Gasteiger charge is -2.34. The standard InChI is InChI=1S/C27H30Cl2N4O4/c1-27(2,3)37-26(35)32-13-11-17(12-14-32)24-21(16-30-33(24)20-8-5-18(28)6-9-20)25(34)31-19-7-10-23(36-4)22(29)15-19/h5-10,15-17H,11-14H2,1-4H3,(H,31,34). The Morgan fingerprint density at radius 3 is 2.32 bits per heavy atom. The maximum absolute atomic E-state index is 13.4. The van der Waals surface area contributed by atoms with Crippen LogP contribution >= 0.6 is 23.2 Å². The molecule has 10 heteroatoms. The summed E-state index contributed by atoms with van der Waals surface area (Å²) in [5, 5.41) is 8.49. The Morgan fingerprint density at radius 2 is 1.73 bits per heavy atom. The summed E-state index contributed by atoms with van der Waals surface area (Å²) in [5.41, 5.74) is 2.01. The molecule has 37 heavy (non-hydrogen) atoms. The minimum atomic E-state index is -0.559. The van der Waals surface area contributed by atoms with Crippen LogP contribution in [0.2, 0.25) is 10.0 Å². The van der Waals surface area contributed by atoms with Gasteiger partial charge in [-0.15, -0.1) is 0 Å². The van der Waals surface area contributed by atoms with Crippen molar-refractivity contribution in [2.24, 2.45) is 0 Å². The van der Waals surface area contributed by atoms with E-state index in [1.165, 1.54) is 7.11 Å². The maximum Gasteiger partial charge on any atom is 0.410 e. The first-order chi connectivity index (χ1) is 17.6. The SMILES string of the molecule is COc1ccc(NC(=O)c2cnn(-c3ccc(Cl)cc3)c2C2CCN(C(=O)OC(C)(C)C)CC2)cc1Cl. The molecule has 0 bridgehead atoms. The molecule has 0 radical (unpaired) electrons. The number of methoxy groups -OCH3 is 1. The maximum atomic E-state index is 13.4. The Bertz CT molecular complexity index is 1280. The molecule has 3 aromatic rings. The lowest BCUT2D eigenvalue weighted by atomic mass is 9.90. The Hall–Kier alpha value is -3.23. The van der Waals surface area contributed by atoms with Crippen LogP contribution in [0.4, 0.5) is 10.5 Å². The minimum absolute atomic E-state index is 0.00271. The number of ether oxygens (including phenoxy) is 2. The number of carbonyl (C=O) groups is 2. The van der Waals surface area contributed by atoms with E-state index < -0.39 is 5.60 Å². The molecular weight excluding hydrogens is 515 g/mol. The third kappa shape index (κ3) is 6.37. The first kappa shape index (κ1) is 26.8. The van der Waals surface area contributed by atoms with E-state index in [1.54, 1.807) is 46.1 Å². The van der Waals surface area contributed by atoms with Crippen LogP contribution in [0.25, 0.3) is 5.69 Å². The number of nitrogens with zero attached hydrogens (tertiary/aromatic N) is 3. The Morgan fingerprint density at radius 1 is 1.05 bits per heavy atom. The molecular formula is C27H30Cl2N4O4. The summed E-state index contributed by atoms with van der Waals surface area (Å²) < 4.78 is 12.5. The first-order valence-corrected chi connectivity index (χ1v) is 12.8. The van der Waals surface area contributed by atoms with Gasteiger partial charge >= 0.3 is 6.09 Å². The third-order valence-electron chi connectivity index (χ3n) is 6.07. The van der Waals surface area contributed by atoms with E-state index in [0.717, 1.165) is 11.4 Å². The van der Waals surface area contributed by atoms with E-state index in [1.807, 2.05) is 32.9 Å². The molecule has 8 nitrogen and oxygen atoms in total. The van der Waals surface area contributed by atoms with Gasteiger partial charge in [-0.1, -0.05) is 23.2 Å². The van der Waals surface area contributed by atoms with Crippen molar-refractivity contribution in [3.63, 3.8) is 0 Å². The molecule has 2 aromatic carbocycles. The highest BCUT2D eigenvalue weighted by Crippen LogP contribution is 2.34. The van der Waals surface area contributed by atoms with Gasteiger partial charge in [0.15, 0.2) is 0 Å². The molecule has 0 spiro atoms. The lowest BCUT2D eigenvalue weighted by Crippen LogP contribution is -2.41. The average Bonchev–Trinajstić information content (AvgIpc) is 3.29. The Balaban J connectivity index is 1.61. The zero-order valence-electron chi connectivity index (χ0n) is 21.3. The summed E-state index contributed by atoms with van der Waals surface area (Å²) in [7, 11) is 1.53. The first-order valence-electron chi connectivity index (χ1n) is 12.0. The predicted octanol–water partition coefficient (Wildman–Crippen LogP) is 6.55. The highest BCUT2D eigenvalue weighted by molar-refractivity contribution is 6.32. The second kappa shape index (κ2) is 11.0. The van der Waals surface area contributed by atoms with Crippen molar-refractivity contribution >= 4 is 40.9 Å². The number of hydrogen-bond donors (Lipinski definition) is 1. The van der Waals surface area contributed by atoms with Crippen molar-refractivity contribution in [3.8, 4) is 11.4 Å². The van der Waals surface area contributed by atoms with Crippen molar-refractivity contribution in [2.45, 2.75) is 45.1 Å². The summed E-state index contributed by atoms with van der Waals surface area (Å²) in [5.74, 6) is 0.218. The van der Waals surface area contributed by atoms with Crippen LogP contribution in [0, 0.1) is 0 Å². The van der Waals surface area contributed by atoms with E-state index in [0.29, 0.717) is 53.0 Å². The minimum Gasteiger partial charge on any atom is -0.495 e. The van der Waals surface area contributed by atoms with Gasteiger partial charge in [0.1, 0.15) is 11.4 Å². The molecule has 1 aliphatic heterocycles. The molecule has 2 amide bonds. The number of carbonyl (C=O) groups excluding carboxylic acids is 2. The number of benzene rings is 2. The van der Waals surface area contributed by atoms with Crippen molar-refractivity contribution in [3.05, 3.63) is 70.0 Å². The number of halogens is 2. The van der Waals surface area contributed by atoms with Crippen LogP contribution in [0.3, 0.4) is 0 Å². The van der Waals surface area contributed by atoms with E-state index in [4.69, 9.17) is 32.7 Å². The summed E-state index contributed by atoms with van der Waals surface area (Å²) in [6.07, 6.45) is 2.57. The number of aromatic nitrogens is 2. The Kier molecular flexibility index (Phi) is 7.99. The summed E-state index contributed by atoms with van der Waals surface area (Å²) in [6, 6.07) is 12.4. The highest BCUT2D eigenvalue weighted by Gasteiger charge is 2.32. The molecule has 2 heterocycles. The number of amides is 2. The lowest BCUT2D eigenvalue weighted by molar-refractivity contribution is 0.0203. The normalized spacial score (nSPS) is 14.4. The number of piperidine rings is 1. The van der Waals surface area contributed by atoms with E-state index >= 15 is 0 Å². The number of likely N-dealkylation sites (tertiary alicyclic amines) is 1. The van der Waals surface area contributed by atoms with Gasteiger partial charge in [0.05, 0.1) is 35.3 Å². The van der Waals surface area contributed by atoms with Crippen LogP contribution in [0.5, 0.6) is 5.75 Å². The number of hydrogen-bond acceptors (Lipinski definition) is 5. The van der Waals surface area contributed by atoms with Crippen LogP contribution < -0.4 is 10.1 Å². The number of nitrogens with one attached hydrogen (secondary N) is 1. The van der Waals surface area contributed by atoms with Gasteiger partial charge < -0.3 is 19.7 Å². The van der Waals surface area contributed by atoms with Crippen molar-refractivity contribution in [2.75, 3.05) is 25.5 Å². The summed E-state index contributed by atoms with van der Waals surface area (Å²) in [6.45, 7) is 6.58. The van der Waals surface area contributed by atoms with E-state index in [-0.39, 0.29) is 17.9 Å². The summed E-state index contributed by atoms with van der Waals surface area (Å²) in [4.78, 5) is 27.7. The van der Waals surface area contributed by atoms with E-state index in [9.17, 15) is 9.59 Å². The highest BCUT2D eigenvalue weighted by atomic mass is 35.5. The third-order valence-corrected chi connectivity index (χ3v) is 6.61. The van der Waals surface area contributed by atoms with Crippen molar-refractivity contribution in [1.82, 2.24) is 14.7 Å². The van der Waals surface area contributed by atoms with Gasteiger partial charge in [0.25, 0.3) is 5.91 Å². The monoisotopic (exact) mass is 544 g/mol. The fourth-order valence-corrected chi connectivity index (χ4v) is 4.70. The smallest absolute Gasteiger partial charge is 0.410 e. The van der Waals surface area contributed by atoms with E-state index in [2.05, 4.69) is 10.4 Å². The molecule has 1 N–H and O–H groups in total. The fraction of sp³-hybridized carbons (Fsp3) is 0.370. The zero-order valence-corrected chi connectivity index (χ0v) is 22.8. The second-order valence-corrected chi connectivity index (χ2v) is 10.7. The van der Waals surface area contributed by atoms with Gasteiger partial charge in [-0.2, -0.15) is 5.10 Å². The van der Waals surface area contributed by atoms with Gasteiger partial charge in [-0.3, -0.25) is 4.79 Å². The number of anilines is 1. The largest absolute Gasteiger partial charge is 0.495 e. The fourth-order valence-electron chi connectivity index (χ4n) is 4.32. The van der Waals surface area contributed by atoms with Crippen LogP contribution in [0.1, 0.15) is 55.6 Å².